The molecular weight excluding hydrogens is 276 g/mol. The number of amides is 3. The number of alkyl halides is 2. The number of nitrogens with two attached hydrogens (primary N) is 1. The van der Waals surface area contributed by atoms with Crippen LogP contribution in [0, 0.1) is 0 Å². The summed E-state index contributed by atoms with van der Waals surface area (Å²) >= 11 is 0. The molecule has 3 amide bonds. The average molecular weight is 287 g/mol. The van der Waals surface area contributed by atoms with E-state index in [-0.39, 0.29) is 17.2 Å². The monoisotopic (exact) mass is 287 g/mol. The molecule has 1 heterocycles. The number of halogens is 2. The van der Waals surface area contributed by atoms with Crippen molar-refractivity contribution in [2.75, 3.05) is 5.32 Å². The number of hydrogen-bond acceptors (Lipinski definition) is 4. The topological polar surface area (TPSA) is 103 Å². The van der Waals surface area contributed by atoms with Crippen LogP contribution < -0.4 is 25.8 Å². The summed E-state index contributed by atoms with van der Waals surface area (Å²) < 4.78 is 34.1. The summed E-state index contributed by atoms with van der Waals surface area (Å²) in [5.41, 5.74) is 5.09. The quantitative estimate of drug-likeness (QED) is 0.771. The maximum atomic E-state index is 12.8. The molecule has 9 heteroatoms. The zero-order valence-electron chi connectivity index (χ0n) is 10.3. The van der Waals surface area contributed by atoms with Gasteiger partial charge in [-0.3, -0.25) is 4.79 Å². The molecule has 0 spiro atoms. The zero-order chi connectivity index (χ0) is 14.9. The SMILES string of the molecule is C[C@@H](NC(N)=O)C(=O)Nc1ccc2c(c1)OC(F)(F)O2. The minimum atomic E-state index is -3.72. The van der Waals surface area contributed by atoms with Crippen LogP contribution in [-0.4, -0.2) is 24.3 Å². The molecule has 20 heavy (non-hydrogen) atoms. The van der Waals surface area contributed by atoms with E-state index in [0.29, 0.717) is 0 Å². The molecule has 0 radical (unpaired) electrons. The van der Waals surface area contributed by atoms with Gasteiger partial charge in [0.15, 0.2) is 11.5 Å². The molecule has 1 aromatic rings. The van der Waals surface area contributed by atoms with Crippen LogP contribution in [0.2, 0.25) is 0 Å². The molecule has 1 atom stereocenters. The van der Waals surface area contributed by atoms with Crippen LogP contribution in [0.3, 0.4) is 0 Å². The predicted octanol–water partition coefficient (Wildman–Crippen LogP) is 1.00. The van der Waals surface area contributed by atoms with Gasteiger partial charge in [0.1, 0.15) is 6.04 Å². The van der Waals surface area contributed by atoms with Crippen molar-refractivity contribution in [3.05, 3.63) is 18.2 Å². The summed E-state index contributed by atoms with van der Waals surface area (Å²) in [6, 6.07) is 2.05. The Morgan fingerprint density at radius 2 is 1.95 bits per heavy atom. The summed E-state index contributed by atoms with van der Waals surface area (Å²) in [6.45, 7) is 1.42. The van der Waals surface area contributed by atoms with Crippen molar-refractivity contribution in [1.82, 2.24) is 5.32 Å². The van der Waals surface area contributed by atoms with Gasteiger partial charge in [0.05, 0.1) is 0 Å². The van der Waals surface area contributed by atoms with Crippen molar-refractivity contribution in [1.29, 1.82) is 0 Å². The highest BCUT2D eigenvalue weighted by Gasteiger charge is 2.43. The number of fused-ring (bicyclic) bond motifs is 1. The van der Waals surface area contributed by atoms with E-state index in [0.717, 1.165) is 0 Å². The van der Waals surface area contributed by atoms with Crippen molar-refractivity contribution in [3.63, 3.8) is 0 Å². The van der Waals surface area contributed by atoms with Crippen molar-refractivity contribution in [2.45, 2.75) is 19.3 Å². The average Bonchev–Trinajstić information content (AvgIpc) is 2.61. The van der Waals surface area contributed by atoms with Crippen molar-refractivity contribution < 1.29 is 27.8 Å². The molecule has 1 aliphatic heterocycles. The highest BCUT2D eigenvalue weighted by Crippen LogP contribution is 2.42. The smallest absolute Gasteiger partial charge is 0.395 e. The molecule has 4 N–H and O–H groups in total. The Bertz CT molecular complexity index is 565. The van der Waals surface area contributed by atoms with E-state index >= 15 is 0 Å². The number of nitrogens with one attached hydrogen (secondary N) is 2. The lowest BCUT2D eigenvalue weighted by Gasteiger charge is -2.12. The molecule has 0 saturated carbocycles. The van der Waals surface area contributed by atoms with Gasteiger partial charge in [-0.05, 0) is 19.1 Å². The third kappa shape index (κ3) is 3.05. The predicted molar refractivity (Wildman–Crippen MR) is 63.5 cm³/mol. The standard InChI is InChI=1S/C11H11F2N3O4/c1-5(15-10(14)18)9(17)16-6-2-3-7-8(4-6)20-11(12,13)19-7/h2-5H,1H3,(H,16,17)(H3,14,15,18)/t5-/m1/s1. The van der Waals surface area contributed by atoms with Gasteiger partial charge in [-0.1, -0.05) is 0 Å². The number of urea groups is 1. The highest BCUT2D eigenvalue weighted by molar-refractivity contribution is 5.96. The third-order valence-electron chi connectivity index (χ3n) is 2.42. The molecule has 7 nitrogen and oxygen atoms in total. The first-order valence-electron chi connectivity index (χ1n) is 5.53. The van der Waals surface area contributed by atoms with E-state index in [9.17, 15) is 18.4 Å². The van der Waals surface area contributed by atoms with Crippen molar-refractivity contribution in [3.8, 4) is 11.5 Å². The largest absolute Gasteiger partial charge is 0.586 e. The van der Waals surface area contributed by atoms with Gasteiger partial charge in [0.25, 0.3) is 0 Å². The summed E-state index contributed by atoms with van der Waals surface area (Å²) in [5, 5.41) is 4.59. The highest BCUT2D eigenvalue weighted by atomic mass is 19.3. The van der Waals surface area contributed by atoms with Crippen LogP contribution in [0.25, 0.3) is 0 Å². The summed E-state index contributed by atoms with van der Waals surface area (Å²) in [7, 11) is 0. The van der Waals surface area contributed by atoms with E-state index in [1.54, 1.807) is 0 Å². The second-order valence-corrected chi connectivity index (χ2v) is 4.05. The second-order valence-electron chi connectivity index (χ2n) is 4.05. The first-order valence-corrected chi connectivity index (χ1v) is 5.53. The van der Waals surface area contributed by atoms with Crippen LogP contribution in [0.15, 0.2) is 18.2 Å². The Kier molecular flexibility index (Phi) is 3.35. The molecule has 0 saturated heterocycles. The Balaban J connectivity index is 2.05. The Morgan fingerprint density at radius 1 is 1.30 bits per heavy atom. The van der Waals surface area contributed by atoms with Crippen molar-refractivity contribution >= 4 is 17.6 Å². The molecule has 0 aromatic heterocycles. The van der Waals surface area contributed by atoms with Crippen LogP contribution in [0.5, 0.6) is 11.5 Å². The lowest BCUT2D eigenvalue weighted by Crippen LogP contribution is -2.44. The molecule has 0 aliphatic carbocycles. The van der Waals surface area contributed by atoms with Gasteiger partial charge in [-0.15, -0.1) is 8.78 Å². The van der Waals surface area contributed by atoms with Crippen LogP contribution >= 0.6 is 0 Å². The van der Waals surface area contributed by atoms with Gasteiger partial charge in [0.2, 0.25) is 5.91 Å². The number of ether oxygens (including phenoxy) is 2. The van der Waals surface area contributed by atoms with E-state index in [1.807, 2.05) is 0 Å². The normalized spacial score (nSPS) is 16.4. The summed E-state index contributed by atoms with van der Waals surface area (Å²) in [6.07, 6.45) is -3.72. The van der Waals surface area contributed by atoms with E-state index in [2.05, 4.69) is 20.1 Å². The first kappa shape index (κ1) is 13.8. The molecule has 2 rings (SSSR count). The van der Waals surface area contributed by atoms with Gasteiger partial charge in [0, 0.05) is 11.8 Å². The Morgan fingerprint density at radius 3 is 2.60 bits per heavy atom. The molecule has 108 valence electrons. The fourth-order valence-electron chi connectivity index (χ4n) is 1.56. The fraction of sp³-hybridized carbons (Fsp3) is 0.273. The number of carbonyl (C=O) groups excluding carboxylic acids is 2. The van der Waals surface area contributed by atoms with E-state index in [1.165, 1.54) is 25.1 Å². The number of anilines is 1. The molecule has 0 unspecified atom stereocenters. The minimum Gasteiger partial charge on any atom is -0.395 e. The molecule has 0 bridgehead atoms. The summed E-state index contributed by atoms with van der Waals surface area (Å²) in [4.78, 5) is 22.3. The first-order chi connectivity index (χ1) is 9.27. The maximum absolute atomic E-state index is 12.8. The third-order valence-corrected chi connectivity index (χ3v) is 2.42. The maximum Gasteiger partial charge on any atom is 0.586 e. The van der Waals surface area contributed by atoms with E-state index < -0.39 is 24.3 Å². The number of primary amides is 1. The number of rotatable bonds is 3. The van der Waals surface area contributed by atoms with Crippen LogP contribution in [0.4, 0.5) is 19.3 Å². The minimum absolute atomic E-state index is 0.128. The second kappa shape index (κ2) is 4.83. The zero-order valence-corrected chi connectivity index (χ0v) is 10.3. The van der Waals surface area contributed by atoms with Crippen LogP contribution in [-0.2, 0) is 4.79 Å². The van der Waals surface area contributed by atoms with E-state index in [4.69, 9.17) is 5.73 Å². The number of benzene rings is 1. The molecule has 1 aliphatic rings. The summed E-state index contributed by atoms with van der Waals surface area (Å²) in [5.74, 6) is -0.881. The Labute approximate surface area is 112 Å². The van der Waals surface area contributed by atoms with Gasteiger partial charge >= 0.3 is 12.3 Å². The molecular formula is C11H11F2N3O4. The molecule has 1 aromatic carbocycles. The molecule has 0 fully saturated rings. The number of hydrogen-bond donors (Lipinski definition) is 3. The number of carbonyl (C=O) groups is 2. The van der Waals surface area contributed by atoms with Crippen molar-refractivity contribution in [2.24, 2.45) is 5.73 Å². The fourth-order valence-corrected chi connectivity index (χ4v) is 1.56. The lowest BCUT2D eigenvalue weighted by atomic mass is 10.2. The van der Waals surface area contributed by atoms with Gasteiger partial charge in [-0.2, -0.15) is 0 Å². The van der Waals surface area contributed by atoms with Gasteiger partial charge < -0.3 is 25.8 Å². The Hall–Kier alpha value is -2.58. The van der Waals surface area contributed by atoms with Gasteiger partial charge in [-0.25, -0.2) is 4.79 Å². The lowest BCUT2D eigenvalue weighted by molar-refractivity contribution is -0.286. The van der Waals surface area contributed by atoms with Crippen LogP contribution in [0.1, 0.15) is 6.92 Å².